The van der Waals surface area contributed by atoms with Crippen LogP contribution in [-0.4, -0.2) is 5.11 Å². The highest BCUT2D eigenvalue weighted by molar-refractivity contribution is 5.59. The number of fused-ring (bicyclic) bond motifs is 1. The molecule has 80 valence electrons. The van der Waals surface area contributed by atoms with E-state index in [1.165, 1.54) is 11.3 Å². The van der Waals surface area contributed by atoms with Crippen LogP contribution in [0.1, 0.15) is 17.2 Å². The van der Waals surface area contributed by atoms with Crippen LogP contribution < -0.4 is 5.32 Å². The Labute approximate surface area is 94.6 Å². The van der Waals surface area contributed by atoms with Gasteiger partial charge in [-0.15, -0.1) is 0 Å². The summed E-state index contributed by atoms with van der Waals surface area (Å²) < 4.78 is 0. The molecule has 1 atom stereocenters. The summed E-state index contributed by atoms with van der Waals surface area (Å²) in [5.74, 6) is 0.368. The second-order valence-corrected chi connectivity index (χ2v) is 4.12. The molecule has 0 fully saturated rings. The molecule has 0 bridgehead atoms. The highest BCUT2D eigenvalue weighted by atomic mass is 16.3. The van der Waals surface area contributed by atoms with E-state index in [4.69, 9.17) is 0 Å². The summed E-state index contributed by atoms with van der Waals surface area (Å²) in [5.41, 5.74) is 3.46. The number of benzene rings is 2. The lowest BCUT2D eigenvalue weighted by molar-refractivity contribution is 0.464. The Hall–Kier alpha value is -1.96. The summed E-state index contributed by atoms with van der Waals surface area (Å²) in [4.78, 5) is 0. The van der Waals surface area contributed by atoms with E-state index in [2.05, 4.69) is 17.4 Å². The van der Waals surface area contributed by atoms with E-state index in [0.717, 1.165) is 12.0 Å². The summed E-state index contributed by atoms with van der Waals surface area (Å²) in [5, 5.41) is 13.2. The summed E-state index contributed by atoms with van der Waals surface area (Å²) in [7, 11) is 0. The zero-order valence-electron chi connectivity index (χ0n) is 8.85. The number of phenols is 1. The average Bonchev–Trinajstić information content (AvgIpc) is 2.73. The highest BCUT2D eigenvalue weighted by Crippen LogP contribution is 2.36. The van der Waals surface area contributed by atoms with E-state index < -0.39 is 0 Å². The number of hydrogen-bond donors (Lipinski definition) is 2. The van der Waals surface area contributed by atoms with Gasteiger partial charge in [-0.05, 0) is 24.1 Å². The zero-order valence-corrected chi connectivity index (χ0v) is 8.85. The van der Waals surface area contributed by atoms with Gasteiger partial charge >= 0.3 is 0 Å². The molecule has 0 saturated carbocycles. The minimum absolute atomic E-state index is 0.193. The van der Waals surface area contributed by atoms with E-state index in [-0.39, 0.29) is 6.04 Å². The van der Waals surface area contributed by atoms with Crippen molar-refractivity contribution in [3.63, 3.8) is 0 Å². The summed E-state index contributed by atoms with van der Waals surface area (Å²) in [6.45, 7) is 0. The molecule has 1 unspecified atom stereocenters. The molecule has 16 heavy (non-hydrogen) atoms. The number of para-hydroxylation sites is 2. The van der Waals surface area contributed by atoms with Crippen LogP contribution in [0.15, 0.2) is 48.5 Å². The monoisotopic (exact) mass is 211 g/mol. The molecule has 0 spiro atoms. The van der Waals surface area contributed by atoms with Gasteiger partial charge in [0.25, 0.3) is 0 Å². The maximum Gasteiger partial charge on any atom is 0.120 e. The van der Waals surface area contributed by atoms with Crippen LogP contribution in [0.2, 0.25) is 0 Å². The smallest absolute Gasteiger partial charge is 0.120 e. The maximum absolute atomic E-state index is 9.81. The Morgan fingerprint density at radius 3 is 2.56 bits per heavy atom. The van der Waals surface area contributed by atoms with E-state index >= 15 is 0 Å². The van der Waals surface area contributed by atoms with E-state index in [9.17, 15) is 5.11 Å². The molecule has 2 heteroatoms. The first-order chi connectivity index (χ1) is 7.84. The first-order valence-corrected chi connectivity index (χ1v) is 5.47. The van der Waals surface area contributed by atoms with E-state index in [1.54, 1.807) is 6.07 Å². The quantitative estimate of drug-likeness (QED) is 0.759. The van der Waals surface area contributed by atoms with Crippen molar-refractivity contribution >= 4 is 5.69 Å². The number of nitrogens with one attached hydrogen (secondary N) is 1. The third kappa shape index (κ3) is 1.43. The van der Waals surface area contributed by atoms with Crippen molar-refractivity contribution in [2.24, 2.45) is 0 Å². The SMILES string of the molecule is Oc1ccccc1C1Cc2ccccc2N1. The fourth-order valence-corrected chi connectivity index (χ4v) is 2.27. The molecule has 2 N–H and O–H groups in total. The number of aromatic hydroxyl groups is 1. The second kappa shape index (κ2) is 3.56. The van der Waals surface area contributed by atoms with Crippen molar-refractivity contribution in [1.29, 1.82) is 0 Å². The van der Waals surface area contributed by atoms with Gasteiger partial charge in [0.05, 0.1) is 6.04 Å². The van der Waals surface area contributed by atoms with Gasteiger partial charge in [-0.25, -0.2) is 0 Å². The van der Waals surface area contributed by atoms with Crippen molar-refractivity contribution in [3.05, 3.63) is 59.7 Å². The van der Waals surface area contributed by atoms with Crippen molar-refractivity contribution in [2.75, 3.05) is 5.32 Å². The number of phenolic OH excluding ortho intramolecular Hbond substituents is 1. The fraction of sp³-hybridized carbons (Fsp3) is 0.143. The molecule has 0 aliphatic carbocycles. The van der Waals surface area contributed by atoms with Crippen molar-refractivity contribution < 1.29 is 5.11 Å². The normalized spacial score (nSPS) is 17.9. The largest absolute Gasteiger partial charge is 0.508 e. The van der Waals surface area contributed by atoms with Gasteiger partial charge in [0.1, 0.15) is 5.75 Å². The minimum atomic E-state index is 0.193. The van der Waals surface area contributed by atoms with Crippen LogP contribution >= 0.6 is 0 Å². The molecule has 1 aliphatic rings. The number of hydrogen-bond acceptors (Lipinski definition) is 2. The van der Waals surface area contributed by atoms with Gasteiger partial charge in [0, 0.05) is 11.3 Å². The predicted molar refractivity (Wildman–Crippen MR) is 64.6 cm³/mol. The van der Waals surface area contributed by atoms with Crippen LogP contribution in [0.25, 0.3) is 0 Å². The van der Waals surface area contributed by atoms with Crippen LogP contribution in [0.3, 0.4) is 0 Å². The van der Waals surface area contributed by atoms with Gasteiger partial charge in [0.2, 0.25) is 0 Å². The second-order valence-electron chi connectivity index (χ2n) is 4.12. The molecule has 3 rings (SSSR count). The molecule has 2 aromatic rings. The molecule has 1 aliphatic heterocycles. The van der Waals surface area contributed by atoms with Crippen molar-refractivity contribution in [3.8, 4) is 5.75 Å². The molecule has 1 heterocycles. The van der Waals surface area contributed by atoms with Gasteiger partial charge in [-0.3, -0.25) is 0 Å². The Morgan fingerprint density at radius 1 is 1.00 bits per heavy atom. The lowest BCUT2D eigenvalue weighted by Crippen LogP contribution is -2.05. The zero-order chi connectivity index (χ0) is 11.0. The molecule has 0 radical (unpaired) electrons. The van der Waals surface area contributed by atoms with Crippen LogP contribution in [0.4, 0.5) is 5.69 Å². The van der Waals surface area contributed by atoms with Gasteiger partial charge in [-0.1, -0.05) is 36.4 Å². The lowest BCUT2D eigenvalue weighted by atomic mass is 10.0. The van der Waals surface area contributed by atoms with E-state index in [1.807, 2.05) is 30.3 Å². The first kappa shape index (κ1) is 9.28. The van der Waals surface area contributed by atoms with Crippen LogP contribution in [0, 0.1) is 0 Å². The minimum Gasteiger partial charge on any atom is -0.508 e. The Balaban J connectivity index is 1.95. The third-order valence-corrected chi connectivity index (χ3v) is 3.08. The Morgan fingerprint density at radius 2 is 1.75 bits per heavy atom. The standard InChI is InChI=1S/C14H13NO/c16-14-8-4-2-6-11(14)13-9-10-5-1-3-7-12(10)15-13/h1-8,13,15-16H,9H2. The molecule has 0 aromatic heterocycles. The summed E-state index contributed by atoms with van der Waals surface area (Å²) in [6, 6.07) is 16.0. The third-order valence-electron chi connectivity index (χ3n) is 3.08. The average molecular weight is 211 g/mol. The fourth-order valence-electron chi connectivity index (χ4n) is 2.27. The van der Waals surface area contributed by atoms with Gasteiger partial charge < -0.3 is 10.4 Å². The number of anilines is 1. The molecular formula is C14H13NO. The number of rotatable bonds is 1. The molecular weight excluding hydrogens is 198 g/mol. The van der Waals surface area contributed by atoms with Crippen LogP contribution in [0.5, 0.6) is 5.75 Å². The van der Waals surface area contributed by atoms with Crippen LogP contribution in [-0.2, 0) is 6.42 Å². The van der Waals surface area contributed by atoms with E-state index in [0.29, 0.717) is 5.75 Å². The lowest BCUT2D eigenvalue weighted by Gasteiger charge is -2.12. The van der Waals surface area contributed by atoms with Crippen molar-refractivity contribution in [1.82, 2.24) is 0 Å². The van der Waals surface area contributed by atoms with Crippen molar-refractivity contribution in [2.45, 2.75) is 12.5 Å². The predicted octanol–water partition coefficient (Wildman–Crippen LogP) is 3.10. The molecule has 2 aromatic carbocycles. The highest BCUT2D eigenvalue weighted by Gasteiger charge is 2.23. The topological polar surface area (TPSA) is 32.3 Å². The molecule has 0 amide bonds. The molecule has 2 nitrogen and oxygen atoms in total. The van der Waals surface area contributed by atoms with Gasteiger partial charge in [-0.2, -0.15) is 0 Å². The Bertz CT molecular complexity index is 497. The maximum atomic E-state index is 9.81. The Kier molecular flexibility index (Phi) is 2.07. The first-order valence-electron chi connectivity index (χ1n) is 5.47. The summed E-state index contributed by atoms with van der Waals surface area (Å²) in [6.07, 6.45) is 0.938. The summed E-state index contributed by atoms with van der Waals surface area (Å²) >= 11 is 0. The van der Waals surface area contributed by atoms with Gasteiger partial charge in [0.15, 0.2) is 0 Å². The molecule has 0 saturated heterocycles.